The molecule has 0 bridgehead atoms. The van der Waals surface area contributed by atoms with E-state index in [4.69, 9.17) is 4.74 Å². The van der Waals surface area contributed by atoms with Gasteiger partial charge in [0.2, 0.25) is 0 Å². The first kappa shape index (κ1) is 18.2. The summed E-state index contributed by atoms with van der Waals surface area (Å²) in [5, 5.41) is 9.91. The summed E-state index contributed by atoms with van der Waals surface area (Å²) >= 11 is 3.48. The SMILES string of the molecule is COc1ccc(CCNC(=O)c2cn[nH]c2-c2ccc(C)cc2)cc1Br. The molecule has 0 aliphatic rings. The third kappa shape index (κ3) is 4.14. The predicted molar refractivity (Wildman–Crippen MR) is 105 cm³/mol. The molecule has 0 unspecified atom stereocenters. The molecule has 1 heterocycles. The number of H-pyrrole nitrogens is 1. The fraction of sp³-hybridized carbons (Fsp3) is 0.200. The van der Waals surface area contributed by atoms with Gasteiger partial charge in [0.25, 0.3) is 5.91 Å². The number of hydrogen-bond acceptors (Lipinski definition) is 3. The van der Waals surface area contributed by atoms with E-state index in [1.54, 1.807) is 13.3 Å². The van der Waals surface area contributed by atoms with Crippen molar-refractivity contribution in [1.82, 2.24) is 15.5 Å². The molecule has 3 rings (SSSR count). The molecule has 0 spiro atoms. The van der Waals surface area contributed by atoms with Crippen LogP contribution in [0.2, 0.25) is 0 Å². The van der Waals surface area contributed by atoms with Crippen LogP contribution in [-0.4, -0.2) is 29.8 Å². The van der Waals surface area contributed by atoms with Crippen molar-refractivity contribution < 1.29 is 9.53 Å². The molecule has 134 valence electrons. The second-order valence-corrected chi connectivity index (χ2v) is 6.85. The number of aromatic nitrogens is 2. The van der Waals surface area contributed by atoms with Crippen molar-refractivity contribution in [3.8, 4) is 17.0 Å². The van der Waals surface area contributed by atoms with Crippen LogP contribution in [0.1, 0.15) is 21.5 Å². The van der Waals surface area contributed by atoms with Crippen LogP contribution in [0.4, 0.5) is 0 Å². The van der Waals surface area contributed by atoms with E-state index in [-0.39, 0.29) is 5.91 Å². The zero-order valence-electron chi connectivity index (χ0n) is 14.7. The monoisotopic (exact) mass is 413 g/mol. The van der Waals surface area contributed by atoms with Gasteiger partial charge in [0.05, 0.1) is 29.0 Å². The number of nitrogens with zero attached hydrogens (tertiary/aromatic N) is 1. The smallest absolute Gasteiger partial charge is 0.255 e. The minimum atomic E-state index is -0.137. The number of hydrogen-bond donors (Lipinski definition) is 2. The maximum atomic E-state index is 12.5. The molecular formula is C20H20BrN3O2. The van der Waals surface area contributed by atoms with Crippen LogP contribution in [0.15, 0.2) is 53.1 Å². The highest BCUT2D eigenvalue weighted by Gasteiger charge is 2.14. The van der Waals surface area contributed by atoms with Crippen LogP contribution in [0.5, 0.6) is 5.75 Å². The van der Waals surface area contributed by atoms with Gasteiger partial charge in [0, 0.05) is 12.1 Å². The quantitative estimate of drug-likeness (QED) is 0.638. The molecule has 0 fully saturated rings. The van der Waals surface area contributed by atoms with E-state index in [0.29, 0.717) is 12.1 Å². The number of rotatable bonds is 6. The number of aromatic amines is 1. The number of halogens is 1. The summed E-state index contributed by atoms with van der Waals surface area (Å²) in [6.45, 7) is 2.57. The Bertz CT molecular complexity index is 904. The van der Waals surface area contributed by atoms with E-state index < -0.39 is 0 Å². The van der Waals surface area contributed by atoms with Gasteiger partial charge in [-0.25, -0.2) is 0 Å². The Hall–Kier alpha value is -2.60. The van der Waals surface area contributed by atoms with Crippen molar-refractivity contribution in [3.05, 3.63) is 69.8 Å². The second-order valence-electron chi connectivity index (χ2n) is 6.00. The van der Waals surface area contributed by atoms with Crippen LogP contribution in [0, 0.1) is 6.92 Å². The molecule has 5 nitrogen and oxygen atoms in total. The number of benzene rings is 2. The largest absolute Gasteiger partial charge is 0.496 e. The van der Waals surface area contributed by atoms with E-state index in [1.165, 1.54) is 5.56 Å². The number of nitrogens with one attached hydrogen (secondary N) is 2. The standard InChI is InChI=1S/C20H20BrN3O2/c1-13-3-6-15(7-4-13)19-16(12-23-24-19)20(25)22-10-9-14-5-8-18(26-2)17(21)11-14/h3-8,11-12H,9-10H2,1-2H3,(H,22,25)(H,23,24). The molecule has 0 radical (unpaired) electrons. The number of carbonyl (C=O) groups is 1. The Kier molecular flexibility index (Phi) is 5.73. The molecule has 0 aliphatic heterocycles. The summed E-state index contributed by atoms with van der Waals surface area (Å²) in [6, 6.07) is 13.9. The maximum absolute atomic E-state index is 12.5. The van der Waals surface area contributed by atoms with Gasteiger partial charge in [-0.2, -0.15) is 5.10 Å². The molecule has 1 amide bonds. The Morgan fingerprint density at radius 3 is 2.69 bits per heavy atom. The first-order valence-corrected chi connectivity index (χ1v) is 9.09. The summed E-state index contributed by atoms with van der Waals surface area (Å²) in [5.74, 6) is 0.654. The van der Waals surface area contributed by atoms with Crippen LogP contribution in [0.3, 0.4) is 0 Å². The summed E-state index contributed by atoms with van der Waals surface area (Å²) in [6.07, 6.45) is 2.29. The molecule has 0 saturated heterocycles. The molecule has 3 aromatic rings. The summed E-state index contributed by atoms with van der Waals surface area (Å²) in [4.78, 5) is 12.5. The van der Waals surface area contributed by atoms with Crippen LogP contribution < -0.4 is 10.1 Å². The molecule has 26 heavy (non-hydrogen) atoms. The third-order valence-corrected chi connectivity index (χ3v) is 4.76. The zero-order chi connectivity index (χ0) is 18.5. The zero-order valence-corrected chi connectivity index (χ0v) is 16.3. The van der Waals surface area contributed by atoms with E-state index in [2.05, 4.69) is 31.4 Å². The number of ether oxygens (including phenoxy) is 1. The van der Waals surface area contributed by atoms with Crippen molar-refractivity contribution in [2.45, 2.75) is 13.3 Å². The fourth-order valence-corrected chi connectivity index (χ4v) is 3.27. The van der Waals surface area contributed by atoms with Crippen molar-refractivity contribution in [1.29, 1.82) is 0 Å². The van der Waals surface area contributed by atoms with Gasteiger partial charge >= 0.3 is 0 Å². The van der Waals surface area contributed by atoms with Gasteiger partial charge in [0.1, 0.15) is 5.75 Å². The number of aryl methyl sites for hydroxylation is 1. The number of carbonyl (C=O) groups excluding carboxylic acids is 1. The highest BCUT2D eigenvalue weighted by molar-refractivity contribution is 9.10. The van der Waals surface area contributed by atoms with Crippen LogP contribution in [-0.2, 0) is 6.42 Å². The average molecular weight is 414 g/mol. The third-order valence-electron chi connectivity index (χ3n) is 4.14. The molecule has 0 saturated carbocycles. The lowest BCUT2D eigenvalue weighted by atomic mass is 10.1. The van der Waals surface area contributed by atoms with E-state index in [9.17, 15) is 4.79 Å². The average Bonchev–Trinajstić information content (AvgIpc) is 3.12. The lowest BCUT2D eigenvalue weighted by molar-refractivity contribution is 0.0955. The first-order valence-electron chi connectivity index (χ1n) is 8.29. The van der Waals surface area contributed by atoms with E-state index in [1.807, 2.05) is 49.4 Å². The molecular weight excluding hydrogens is 394 g/mol. The minimum absolute atomic E-state index is 0.137. The lowest BCUT2D eigenvalue weighted by Gasteiger charge is -2.08. The van der Waals surface area contributed by atoms with Gasteiger partial charge in [0.15, 0.2) is 0 Å². The molecule has 6 heteroatoms. The topological polar surface area (TPSA) is 67.0 Å². The van der Waals surface area contributed by atoms with E-state index in [0.717, 1.165) is 33.5 Å². The second kappa shape index (κ2) is 8.19. The molecule has 2 aromatic carbocycles. The normalized spacial score (nSPS) is 10.6. The van der Waals surface area contributed by atoms with Gasteiger partial charge in [-0.05, 0) is 47.0 Å². The van der Waals surface area contributed by atoms with Gasteiger partial charge in [-0.1, -0.05) is 35.9 Å². The fourth-order valence-electron chi connectivity index (χ4n) is 2.68. The summed E-state index contributed by atoms with van der Waals surface area (Å²) in [7, 11) is 1.64. The minimum Gasteiger partial charge on any atom is -0.496 e. The first-order chi connectivity index (χ1) is 12.6. The van der Waals surface area contributed by atoms with Crippen molar-refractivity contribution in [2.24, 2.45) is 0 Å². The molecule has 0 atom stereocenters. The summed E-state index contributed by atoms with van der Waals surface area (Å²) < 4.78 is 6.13. The maximum Gasteiger partial charge on any atom is 0.255 e. The molecule has 1 aromatic heterocycles. The van der Waals surface area contributed by atoms with Gasteiger partial charge in [-0.3, -0.25) is 9.89 Å². The predicted octanol–water partition coefficient (Wildman–Crippen LogP) is 4.13. The van der Waals surface area contributed by atoms with Crippen molar-refractivity contribution in [3.63, 3.8) is 0 Å². The molecule has 2 N–H and O–H groups in total. The highest BCUT2D eigenvalue weighted by atomic mass is 79.9. The van der Waals surface area contributed by atoms with Gasteiger partial charge in [-0.15, -0.1) is 0 Å². The Balaban J connectivity index is 1.63. The number of amides is 1. The van der Waals surface area contributed by atoms with Crippen LogP contribution >= 0.6 is 15.9 Å². The van der Waals surface area contributed by atoms with Crippen molar-refractivity contribution >= 4 is 21.8 Å². The Morgan fingerprint density at radius 2 is 2.00 bits per heavy atom. The molecule has 0 aliphatic carbocycles. The number of methoxy groups -OCH3 is 1. The summed E-state index contributed by atoms with van der Waals surface area (Å²) in [5.41, 5.74) is 4.51. The Labute approximate surface area is 160 Å². The highest BCUT2D eigenvalue weighted by Crippen LogP contribution is 2.25. The van der Waals surface area contributed by atoms with E-state index >= 15 is 0 Å². The van der Waals surface area contributed by atoms with Gasteiger partial charge < -0.3 is 10.1 Å². The lowest BCUT2D eigenvalue weighted by Crippen LogP contribution is -2.25. The Morgan fingerprint density at radius 1 is 1.23 bits per heavy atom. The van der Waals surface area contributed by atoms with Crippen LogP contribution in [0.25, 0.3) is 11.3 Å². The van der Waals surface area contributed by atoms with Crippen molar-refractivity contribution in [2.75, 3.05) is 13.7 Å².